The number of nitrogens with zero attached hydrogens (tertiary/aromatic N) is 2. The van der Waals surface area contributed by atoms with Crippen molar-refractivity contribution in [3.05, 3.63) is 94.6 Å². The van der Waals surface area contributed by atoms with Gasteiger partial charge >= 0.3 is 0 Å². The first-order valence-electron chi connectivity index (χ1n) is 13.8. The third-order valence-electron chi connectivity index (χ3n) is 5.59. The summed E-state index contributed by atoms with van der Waals surface area (Å²) in [7, 11) is 0. The minimum atomic E-state index is 0.566. The van der Waals surface area contributed by atoms with Crippen molar-refractivity contribution in [2.24, 2.45) is 0 Å². The number of unbranched alkanes of at least 4 members (excludes halogenated alkanes) is 4. The predicted molar refractivity (Wildman–Crippen MR) is 177 cm³/mol. The normalized spacial score (nSPS) is 9.38. The molecule has 210 valence electrons. The molecule has 0 N–H and O–H groups in total. The molecule has 0 radical (unpaired) electrons. The van der Waals surface area contributed by atoms with E-state index in [1.165, 1.54) is 0 Å². The van der Waals surface area contributed by atoms with E-state index in [9.17, 15) is 0 Å². The van der Waals surface area contributed by atoms with E-state index in [1.54, 1.807) is 26.2 Å². The summed E-state index contributed by atoms with van der Waals surface area (Å²) in [6.07, 6.45) is 8.55. The Balaban J connectivity index is 1.93. The Labute approximate surface area is 260 Å². The first-order valence-corrected chi connectivity index (χ1v) is 14.6. The van der Waals surface area contributed by atoms with Gasteiger partial charge in [-0.05, 0) is 98.4 Å². The van der Waals surface area contributed by atoms with Crippen molar-refractivity contribution in [2.75, 3.05) is 13.2 Å². The van der Waals surface area contributed by atoms with Crippen LogP contribution in [-0.4, -0.2) is 33.3 Å². The van der Waals surface area contributed by atoms with Gasteiger partial charge in [0, 0.05) is 61.3 Å². The Morgan fingerprint density at radius 2 is 1.02 bits per heavy atom. The fourth-order valence-electron chi connectivity index (χ4n) is 3.53. The van der Waals surface area contributed by atoms with Crippen LogP contribution in [0.5, 0.6) is 0 Å². The highest BCUT2D eigenvalue weighted by molar-refractivity contribution is 7.80. The third kappa shape index (κ3) is 12.8. The lowest BCUT2D eigenvalue weighted by atomic mass is 9.98. The Morgan fingerprint density at radius 3 is 1.40 bits per heavy atom. The van der Waals surface area contributed by atoms with E-state index >= 15 is 0 Å². The van der Waals surface area contributed by atoms with Crippen LogP contribution in [0.2, 0.25) is 0 Å². The standard InChI is InChI=1S/C36H32N2O2S2/c1-29(41)39-25-13-5-3-7-15-31-27-33(19-21-35-17-9-11-23-37-35)34(20-22-36-18-10-12-24-38-36)28-32(31)16-8-4-6-14-26-40-30(2)42/h9-12,17-18,23-24,27-28H,3-6,13-14,25-26H2,1-2H3. The highest BCUT2D eigenvalue weighted by Crippen LogP contribution is 2.16. The monoisotopic (exact) mass is 588 g/mol. The van der Waals surface area contributed by atoms with Gasteiger partial charge in [0.25, 0.3) is 0 Å². The molecule has 42 heavy (non-hydrogen) atoms. The van der Waals surface area contributed by atoms with E-state index in [1.807, 2.05) is 48.5 Å². The number of pyridine rings is 2. The molecule has 0 aliphatic rings. The molecule has 2 aromatic heterocycles. The first-order chi connectivity index (χ1) is 20.5. The lowest BCUT2D eigenvalue weighted by Gasteiger charge is -2.04. The zero-order chi connectivity index (χ0) is 29.8. The maximum atomic E-state index is 5.38. The van der Waals surface area contributed by atoms with E-state index < -0.39 is 0 Å². The summed E-state index contributed by atoms with van der Waals surface area (Å²) in [6, 6.07) is 15.3. The minimum Gasteiger partial charge on any atom is -0.487 e. The molecule has 0 aliphatic heterocycles. The zero-order valence-corrected chi connectivity index (χ0v) is 25.6. The molecule has 2 heterocycles. The minimum absolute atomic E-state index is 0.566. The molecule has 0 aliphatic carbocycles. The van der Waals surface area contributed by atoms with Crippen molar-refractivity contribution in [1.82, 2.24) is 9.97 Å². The predicted octanol–water partition coefficient (Wildman–Crippen LogP) is 7.05. The number of hydrogen-bond acceptors (Lipinski definition) is 6. The van der Waals surface area contributed by atoms with Crippen LogP contribution in [0.4, 0.5) is 0 Å². The van der Waals surface area contributed by atoms with Gasteiger partial charge in [0.2, 0.25) is 0 Å². The van der Waals surface area contributed by atoms with Gasteiger partial charge in [0.1, 0.15) is 11.4 Å². The topological polar surface area (TPSA) is 44.2 Å². The summed E-state index contributed by atoms with van der Waals surface area (Å²) in [5.74, 6) is 26.1. The molecule has 0 amide bonds. The summed E-state index contributed by atoms with van der Waals surface area (Å²) in [5.41, 5.74) is 4.52. The van der Waals surface area contributed by atoms with Crippen molar-refractivity contribution in [1.29, 1.82) is 0 Å². The third-order valence-corrected chi connectivity index (χ3v) is 5.82. The van der Waals surface area contributed by atoms with E-state index in [4.69, 9.17) is 33.9 Å². The average Bonchev–Trinajstić information content (AvgIpc) is 2.99. The zero-order valence-electron chi connectivity index (χ0n) is 24.0. The van der Waals surface area contributed by atoms with Crippen molar-refractivity contribution in [3.8, 4) is 47.4 Å². The smallest absolute Gasteiger partial charge is 0.156 e. The number of rotatable bonds is 8. The molecule has 0 fully saturated rings. The van der Waals surface area contributed by atoms with Crippen molar-refractivity contribution in [2.45, 2.75) is 52.4 Å². The summed E-state index contributed by atoms with van der Waals surface area (Å²) >= 11 is 9.94. The van der Waals surface area contributed by atoms with E-state index in [0.717, 1.165) is 60.8 Å². The largest absolute Gasteiger partial charge is 0.487 e. The summed E-state index contributed by atoms with van der Waals surface area (Å²) in [6.45, 7) is 4.79. The fourth-order valence-corrected chi connectivity index (χ4v) is 3.69. The van der Waals surface area contributed by atoms with Gasteiger partial charge in [0.15, 0.2) is 10.1 Å². The highest BCUT2D eigenvalue weighted by Gasteiger charge is 2.06. The molecule has 0 bridgehead atoms. The van der Waals surface area contributed by atoms with Crippen molar-refractivity contribution in [3.63, 3.8) is 0 Å². The summed E-state index contributed by atoms with van der Waals surface area (Å²) in [4.78, 5) is 8.66. The molecule has 0 saturated carbocycles. The number of hydrogen-bond donors (Lipinski definition) is 0. The van der Waals surface area contributed by atoms with Crippen LogP contribution in [0, 0.1) is 47.4 Å². The quantitative estimate of drug-likeness (QED) is 0.160. The van der Waals surface area contributed by atoms with Gasteiger partial charge in [-0.15, -0.1) is 0 Å². The summed E-state index contributed by atoms with van der Waals surface area (Å²) < 4.78 is 10.8. The van der Waals surface area contributed by atoms with Gasteiger partial charge in [-0.1, -0.05) is 47.7 Å². The lowest BCUT2D eigenvalue weighted by Crippen LogP contribution is -1.97. The fraction of sp³-hybridized carbons (Fsp3) is 0.278. The Kier molecular flexibility index (Phi) is 14.4. The Hall–Kier alpha value is -4.46. The van der Waals surface area contributed by atoms with Crippen molar-refractivity contribution < 1.29 is 9.47 Å². The van der Waals surface area contributed by atoms with Gasteiger partial charge in [-0.2, -0.15) is 0 Å². The molecule has 3 aromatic rings. The van der Waals surface area contributed by atoms with Gasteiger partial charge in [-0.25, -0.2) is 9.97 Å². The molecular formula is C36H32N2O2S2. The van der Waals surface area contributed by atoms with Crippen LogP contribution >= 0.6 is 24.4 Å². The van der Waals surface area contributed by atoms with Crippen LogP contribution in [-0.2, 0) is 9.47 Å². The Bertz CT molecular complexity index is 1480. The molecule has 6 heteroatoms. The molecule has 0 saturated heterocycles. The van der Waals surface area contributed by atoms with Crippen LogP contribution in [0.15, 0.2) is 60.9 Å². The van der Waals surface area contributed by atoms with Crippen LogP contribution in [0.3, 0.4) is 0 Å². The van der Waals surface area contributed by atoms with Crippen LogP contribution in [0.1, 0.15) is 86.0 Å². The Morgan fingerprint density at radius 1 is 0.595 bits per heavy atom. The van der Waals surface area contributed by atoms with Crippen molar-refractivity contribution >= 4 is 34.5 Å². The van der Waals surface area contributed by atoms with E-state index in [-0.39, 0.29) is 0 Å². The molecule has 4 nitrogen and oxygen atoms in total. The number of thiocarbonyl (C=S) groups is 2. The molecular weight excluding hydrogens is 557 g/mol. The maximum absolute atomic E-state index is 5.38. The maximum Gasteiger partial charge on any atom is 0.156 e. The first kappa shape index (κ1) is 32.1. The molecule has 3 rings (SSSR count). The van der Waals surface area contributed by atoms with Crippen LogP contribution < -0.4 is 0 Å². The highest BCUT2D eigenvalue weighted by atomic mass is 32.1. The second kappa shape index (κ2) is 18.8. The van der Waals surface area contributed by atoms with Crippen LogP contribution in [0.25, 0.3) is 0 Å². The molecule has 1 aromatic carbocycles. The molecule has 0 unspecified atom stereocenters. The van der Waals surface area contributed by atoms with Gasteiger partial charge in [-0.3, -0.25) is 0 Å². The molecule has 0 atom stereocenters. The van der Waals surface area contributed by atoms with E-state index in [0.29, 0.717) is 34.7 Å². The molecule has 0 spiro atoms. The van der Waals surface area contributed by atoms with Gasteiger partial charge in [0.05, 0.1) is 13.2 Å². The van der Waals surface area contributed by atoms with Gasteiger partial charge < -0.3 is 9.47 Å². The average molecular weight is 589 g/mol. The van der Waals surface area contributed by atoms with E-state index in [2.05, 4.69) is 57.3 Å². The lowest BCUT2D eigenvalue weighted by molar-refractivity contribution is 0.300. The second-order valence-corrected chi connectivity index (χ2v) is 10.2. The number of benzene rings is 1. The SMILES string of the molecule is CC(=S)OCCCCC#Cc1cc(C#Cc2ccccn2)c(C#Cc2ccccn2)cc1C#CCCCCOC(C)=S. The summed E-state index contributed by atoms with van der Waals surface area (Å²) in [5, 5.41) is 1.13. The number of ether oxygens (including phenoxy) is 2. The number of aromatic nitrogens is 2. The second-order valence-electron chi connectivity index (χ2n) is 9.07.